The summed E-state index contributed by atoms with van der Waals surface area (Å²) in [5.41, 5.74) is 0.622. The molecule has 0 fully saturated rings. The molecule has 0 aliphatic heterocycles. The summed E-state index contributed by atoms with van der Waals surface area (Å²) in [5.74, 6) is -4.29. The van der Waals surface area contributed by atoms with E-state index in [2.05, 4.69) is 20.3 Å². The standard InChI is InChI=1S/C17H16F3N5O2/c1-17(19,20)14-7-13(3-4-15(14)18)25-8-12(23-24-25)10-27-16-21-6-5-11(22-16)9-26-2/h3-8H,9-10H2,1-2H3. The molecule has 10 heteroatoms. The first-order valence-electron chi connectivity index (χ1n) is 7.90. The Morgan fingerprint density at radius 1 is 1.15 bits per heavy atom. The fourth-order valence-corrected chi connectivity index (χ4v) is 2.30. The number of aromatic nitrogens is 5. The van der Waals surface area contributed by atoms with E-state index in [0.29, 0.717) is 24.9 Å². The summed E-state index contributed by atoms with van der Waals surface area (Å²) in [6.07, 6.45) is 3.03. The van der Waals surface area contributed by atoms with Crippen molar-refractivity contribution >= 4 is 0 Å². The summed E-state index contributed by atoms with van der Waals surface area (Å²) in [6, 6.07) is 5.18. The minimum atomic E-state index is -3.31. The van der Waals surface area contributed by atoms with E-state index in [-0.39, 0.29) is 18.3 Å². The Hall–Kier alpha value is -3.01. The molecule has 0 bridgehead atoms. The van der Waals surface area contributed by atoms with E-state index in [0.717, 1.165) is 12.1 Å². The Kier molecular flexibility index (Phi) is 5.36. The smallest absolute Gasteiger partial charge is 0.317 e. The van der Waals surface area contributed by atoms with E-state index < -0.39 is 17.3 Å². The highest BCUT2D eigenvalue weighted by atomic mass is 19.3. The Morgan fingerprint density at radius 3 is 2.70 bits per heavy atom. The Labute approximate surface area is 152 Å². The molecular formula is C17H16F3N5O2. The molecule has 142 valence electrons. The fourth-order valence-electron chi connectivity index (χ4n) is 2.30. The van der Waals surface area contributed by atoms with Crippen molar-refractivity contribution in [2.24, 2.45) is 0 Å². The second-order valence-electron chi connectivity index (χ2n) is 5.76. The number of rotatable bonds is 7. The molecule has 0 radical (unpaired) electrons. The zero-order valence-electron chi connectivity index (χ0n) is 14.6. The van der Waals surface area contributed by atoms with E-state index in [9.17, 15) is 13.2 Å². The van der Waals surface area contributed by atoms with E-state index >= 15 is 0 Å². The maximum Gasteiger partial charge on any atom is 0.317 e. The van der Waals surface area contributed by atoms with Gasteiger partial charge in [-0.1, -0.05) is 5.21 Å². The van der Waals surface area contributed by atoms with Crippen LogP contribution in [0.3, 0.4) is 0 Å². The molecular weight excluding hydrogens is 363 g/mol. The van der Waals surface area contributed by atoms with Crippen molar-refractivity contribution in [3.8, 4) is 11.7 Å². The van der Waals surface area contributed by atoms with Crippen molar-refractivity contribution < 1.29 is 22.6 Å². The maximum atomic E-state index is 13.6. The molecule has 0 saturated heterocycles. The van der Waals surface area contributed by atoms with E-state index in [1.165, 1.54) is 16.9 Å². The molecule has 0 atom stereocenters. The summed E-state index contributed by atoms with van der Waals surface area (Å²) in [4.78, 5) is 8.13. The third-order valence-electron chi connectivity index (χ3n) is 3.56. The number of ether oxygens (including phenoxy) is 2. The van der Waals surface area contributed by atoms with Gasteiger partial charge in [0.2, 0.25) is 0 Å². The summed E-state index contributed by atoms with van der Waals surface area (Å²) < 4.78 is 52.3. The van der Waals surface area contributed by atoms with Crippen LogP contribution in [0.1, 0.15) is 23.9 Å². The van der Waals surface area contributed by atoms with Crippen LogP contribution >= 0.6 is 0 Å². The van der Waals surface area contributed by atoms with Gasteiger partial charge in [0, 0.05) is 20.2 Å². The molecule has 0 aliphatic carbocycles. The minimum absolute atomic E-state index is 0.0222. The molecule has 27 heavy (non-hydrogen) atoms. The highest BCUT2D eigenvalue weighted by Gasteiger charge is 2.28. The third-order valence-corrected chi connectivity index (χ3v) is 3.56. The van der Waals surface area contributed by atoms with Crippen molar-refractivity contribution in [1.29, 1.82) is 0 Å². The highest BCUT2D eigenvalue weighted by molar-refractivity contribution is 5.37. The third kappa shape index (κ3) is 4.59. The van der Waals surface area contributed by atoms with Gasteiger partial charge in [0.1, 0.15) is 18.1 Å². The zero-order valence-corrected chi connectivity index (χ0v) is 14.6. The molecule has 2 aromatic heterocycles. The maximum absolute atomic E-state index is 13.6. The van der Waals surface area contributed by atoms with Crippen LogP contribution in [0.4, 0.5) is 13.2 Å². The van der Waals surface area contributed by atoms with Gasteiger partial charge in [-0.05, 0) is 24.3 Å². The number of hydrogen-bond acceptors (Lipinski definition) is 6. The van der Waals surface area contributed by atoms with Gasteiger partial charge >= 0.3 is 6.01 Å². The number of alkyl halides is 2. The number of methoxy groups -OCH3 is 1. The number of hydrogen-bond donors (Lipinski definition) is 0. The van der Waals surface area contributed by atoms with Crippen LogP contribution in [-0.4, -0.2) is 32.1 Å². The van der Waals surface area contributed by atoms with Gasteiger partial charge in [-0.15, -0.1) is 5.10 Å². The number of nitrogens with zero attached hydrogens (tertiary/aromatic N) is 5. The van der Waals surface area contributed by atoms with E-state index in [4.69, 9.17) is 9.47 Å². The predicted molar refractivity (Wildman–Crippen MR) is 88.0 cm³/mol. The summed E-state index contributed by atoms with van der Waals surface area (Å²) >= 11 is 0. The highest BCUT2D eigenvalue weighted by Crippen LogP contribution is 2.30. The molecule has 3 aromatic rings. The summed E-state index contributed by atoms with van der Waals surface area (Å²) in [7, 11) is 1.55. The minimum Gasteiger partial charge on any atom is -0.457 e. The van der Waals surface area contributed by atoms with Gasteiger partial charge in [0.15, 0.2) is 0 Å². The Balaban J connectivity index is 1.73. The molecule has 0 saturated carbocycles. The monoisotopic (exact) mass is 379 g/mol. The summed E-state index contributed by atoms with van der Waals surface area (Å²) in [6.45, 7) is 0.978. The lowest BCUT2D eigenvalue weighted by Crippen LogP contribution is -2.11. The molecule has 0 N–H and O–H groups in total. The van der Waals surface area contributed by atoms with Gasteiger partial charge in [-0.2, -0.15) is 4.98 Å². The molecule has 1 aromatic carbocycles. The van der Waals surface area contributed by atoms with Crippen molar-refractivity contribution in [1.82, 2.24) is 25.0 Å². The van der Waals surface area contributed by atoms with Crippen molar-refractivity contribution in [2.75, 3.05) is 7.11 Å². The van der Waals surface area contributed by atoms with E-state index in [1.807, 2.05) is 0 Å². The van der Waals surface area contributed by atoms with Gasteiger partial charge in [-0.3, -0.25) is 0 Å². The summed E-state index contributed by atoms with van der Waals surface area (Å²) in [5, 5.41) is 7.76. The van der Waals surface area contributed by atoms with Crippen LogP contribution in [0.25, 0.3) is 5.69 Å². The Bertz CT molecular complexity index is 927. The molecule has 0 aliphatic rings. The van der Waals surface area contributed by atoms with Crippen LogP contribution < -0.4 is 4.74 Å². The first kappa shape index (κ1) is 18.8. The lowest BCUT2D eigenvalue weighted by molar-refractivity contribution is 0.0137. The van der Waals surface area contributed by atoms with Crippen LogP contribution in [0.15, 0.2) is 36.7 Å². The quantitative estimate of drug-likeness (QED) is 0.628. The van der Waals surface area contributed by atoms with Gasteiger partial charge in [-0.25, -0.2) is 22.8 Å². The second kappa shape index (κ2) is 7.70. The molecule has 0 unspecified atom stereocenters. The first-order valence-corrected chi connectivity index (χ1v) is 7.90. The number of halogens is 3. The lowest BCUT2D eigenvalue weighted by atomic mass is 10.1. The fraction of sp³-hybridized carbons (Fsp3) is 0.294. The normalized spacial score (nSPS) is 11.6. The van der Waals surface area contributed by atoms with E-state index in [1.54, 1.807) is 19.4 Å². The van der Waals surface area contributed by atoms with Crippen molar-refractivity contribution in [3.63, 3.8) is 0 Å². The zero-order chi connectivity index (χ0) is 19.4. The predicted octanol–water partition coefficient (Wildman–Crippen LogP) is 3.03. The van der Waals surface area contributed by atoms with Crippen LogP contribution in [0.5, 0.6) is 6.01 Å². The topological polar surface area (TPSA) is 75.0 Å². The molecule has 2 heterocycles. The second-order valence-corrected chi connectivity index (χ2v) is 5.76. The molecule has 0 spiro atoms. The van der Waals surface area contributed by atoms with Gasteiger partial charge in [0.05, 0.1) is 29.7 Å². The number of benzene rings is 1. The lowest BCUT2D eigenvalue weighted by Gasteiger charge is -2.12. The Morgan fingerprint density at radius 2 is 1.96 bits per heavy atom. The van der Waals surface area contributed by atoms with Crippen LogP contribution in [0, 0.1) is 5.82 Å². The first-order chi connectivity index (χ1) is 12.9. The van der Waals surface area contributed by atoms with Gasteiger partial charge in [0.25, 0.3) is 5.92 Å². The largest absolute Gasteiger partial charge is 0.457 e. The molecule has 0 amide bonds. The van der Waals surface area contributed by atoms with Crippen LogP contribution in [0.2, 0.25) is 0 Å². The van der Waals surface area contributed by atoms with Crippen LogP contribution in [-0.2, 0) is 23.9 Å². The SMILES string of the molecule is COCc1ccnc(OCc2cn(-c3ccc(F)c(C(C)(F)F)c3)nn2)n1. The van der Waals surface area contributed by atoms with Crippen molar-refractivity contribution in [2.45, 2.75) is 26.1 Å². The average Bonchev–Trinajstić information content (AvgIpc) is 3.09. The van der Waals surface area contributed by atoms with Gasteiger partial charge < -0.3 is 9.47 Å². The molecule has 3 rings (SSSR count). The van der Waals surface area contributed by atoms with Crippen molar-refractivity contribution in [3.05, 3.63) is 59.4 Å². The average molecular weight is 379 g/mol. The molecule has 7 nitrogen and oxygen atoms in total.